The Bertz CT molecular complexity index is 2000. The summed E-state index contributed by atoms with van der Waals surface area (Å²) in [7, 11) is 0. The molecule has 232 valence electrons. The molecule has 0 saturated heterocycles. The van der Waals surface area contributed by atoms with Crippen LogP contribution in [0.3, 0.4) is 0 Å². The molecule has 1 heterocycles. The first kappa shape index (κ1) is 30.5. The van der Waals surface area contributed by atoms with E-state index >= 15 is 0 Å². The van der Waals surface area contributed by atoms with Crippen molar-refractivity contribution in [2.45, 2.75) is 37.5 Å². The van der Waals surface area contributed by atoms with Gasteiger partial charge in [0, 0.05) is 51.9 Å². The number of fused-ring (bicyclic) bond motifs is 2. The predicted molar refractivity (Wildman–Crippen MR) is 178 cm³/mol. The maximum atomic E-state index is 14.4. The lowest BCUT2D eigenvalue weighted by Gasteiger charge is -2.39. The van der Waals surface area contributed by atoms with Gasteiger partial charge in [-0.15, -0.1) is 0 Å². The van der Waals surface area contributed by atoms with E-state index in [1.54, 1.807) is 123 Å². The predicted octanol–water partition coefficient (Wildman–Crippen LogP) is 6.99. The van der Waals surface area contributed by atoms with Gasteiger partial charge in [-0.2, -0.15) is 10.5 Å². The molecule has 7 nitrogen and oxygen atoms in total. The van der Waals surface area contributed by atoms with Gasteiger partial charge in [-0.25, -0.2) is 0 Å². The summed E-state index contributed by atoms with van der Waals surface area (Å²) in [5.74, 6) is -1.53. The van der Waals surface area contributed by atoms with Gasteiger partial charge in [0.2, 0.25) is 0 Å². The second-order valence-corrected chi connectivity index (χ2v) is 13.0. The number of allylic oxidation sites excluding steroid dienone is 4. The molecule has 4 aromatic rings. The Hall–Kier alpha value is -6.18. The van der Waals surface area contributed by atoms with Crippen LogP contribution in [-0.4, -0.2) is 23.1 Å². The number of nitrogens with one attached hydrogen (secondary N) is 1. The second kappa shape index (κ2) is 11.0. The number of Topliss-reactive ketones (excluding diaryl/α,β-unsaturated/α-hetero) is 4. The van der Waals surface area contributed by atoms with Gasteiger partial charge in [-0.1, -0.05) is 123 Å². The molecule has 0 radical (unpaired) electrons. The summed E-state index contributed by atoms with van der Waals surface area (Å²) in [6, 6.07) is 35.5. The van der Waals surface area contributed by atoms with E-state index in [2.05, 4.69) is 17.5 Å². The molecule has 0 atom stereocenters. The number of carbonyl (C=O) groups is 4. The van der Waals surface area contributed by atoms with Crippen LogP contribution >= 0.6 is 0 Å². The number of carbonyl (C=O) groups excluding carboxylic acids is 4. The Morgan fingerprint density at radius 1 is 0.500 bits per heavy atom. The number of rotatable bonds is 6. The summed E-state index contributed by atoms with van der Waals surface area (Å²) in [6.07, 6.45) is -0.392. The van der Waals surface area contributed by atoms with Crippen molar-refractivity contribution < 1.29 is 19.2 Å². The van der Waals surface area contributed by atoms with E-state index in [1.807, 2.05) is 0 Å². The van der Waals surface area contributed by atoms with Crippen molar-refractivity contribution in [3.8, 4) is 12.1 Å². The minimum Gasteiger partial charge on any atom is -0.360 e. The number of dihydropyridines is 1. The molecule has 0 bridgehead atoms. The fraction of sp³-hybridized carbons (Fsp3) is 0.171. The molecule has 7 heteroatoms. The van der Waals surface area contributed by atoms with Crippen LogP contribution in [0, 0.1) is 28.1 Å². The van der Waals surface area contributed by atoms with Gasteiger partial charge in [-0.05, 0) is 11.1 Å². The van der Waals surface area contributed by atoms with E-state index in [0.29, 0.717) is 33.4 Å². The number of ketones is 4. The SMILES string of the molecule is CC1(C)C(C#N)=C(CC2(c3ccccc3)C(=O)c3ccccc3C2=O)NC(CC2(c3ccccc3)C(=O)c3ccccc3C2=O)=C1C#N. The van der Waals surface area contributed by atoms with Gasteiger partial charge in [0.25, 0.3) is 0 Å². The van der Waals surface area contributed by atoms with Gasteiger partial charge in [0.15, 0.2) is 23.1 Å². The van der Waals surface area contributed by atoms with Gasteiger partial charge < -0.3 is 5.32 Å². The van der Waals surface area contributed by atoms with Crippen LogP contribution in [-0.2, 0) is 10.8 Å². The smallest absolute Gasteiger partial charge is 0.182 e. The average molecular weight is 628 g/mol. The fourth-order valence-corrected chi connectivity index (χ4v) is 7.78. The summed E-state index contributed by atoms with van der Waals surface area (Å²) in [4.78, 5) is 57.5. The molecule has 0 aromatic heterocycles. The summed E-state index contributed by atoms with van der Waals surface area (Å²) in [6.45, 7) is 3.46. The number of hydrogen-bond acceptors (Lipinski definition) is 7. The van der Waals surface area contributed by atoms with Gasteiger partial charge in [0.05, 0.1) is 23.3 Å². The first-order chi connectivity index (χ1) is 23.1. The minimum atomic E-state index is -1.69. The number of benzene rings is 4. The standard InChI is InChI=1S/C41H29N3O4/c1-39(2)31(23-42)33(21-40(25-13-5-3-6-14-25)35(45)27-17-9-10-18-28(27)36(40)46)44-34(32(39)24-43)22-41(26-15-7-4-8-16-26)37(47)29-19-11-12-20-30(29)38(41)48/h3-20,44H,21-22H2,1-2H3. The fourth-order valence-electron chi connectivity index (χ4n) is 7.78. The average Bonchev–Trinajstić information content (AvgIpc) is 3.46. The van der Waals surface area contributed by atoms with E-state index in [0.717, 1.165) is 0 Å². The molecule has 1 N–H and O–H groups in total. The highest BCUT2D eigenvalue weighted by Gasteiger charge is 2.58. The lowest BCUT2D eigenvalue weighted by Crippen LogP contribution is -2.45. The summed E-state index contributed by atoms with van der Waals surface area (Å²) >= 11 is 0. The van der Waals surface area contributed by atoms with Crippen LogP contribution < -0.4 is 5.32 Å². The first-order valence-electron chi connectivity index (χ1n) is 15.7. The third-order valence-corrected chi connectivity index (χ3v) is 10.2. The van der Waals surface area contributed by atoms with Crippen molar-refractivity contribution in [3.63, 3.8) is 0 Å². The molecule has 7 rings (SSSR count). The van der Waals surface area contributed by atoms with E-state index in [9.17, 15) is 29.7 Å². The summed E-state index contributed by atoms with van der Waals surface area (Å²) in [5.41, 5.74) is -1.44. The zero-order valence-electron chi connectivity index (χ0n) is 26.3. The Balaban J connectivity index is 1.40. The number of nitrogens with zero attached hydrogens (tertiary/aromatic N) is 2. The van der Waals surface area contributed by atoms with Crippen molar-refractivity contribution in [2.24, 2.45) is 5.41 Å². The Kier molecular flexibility index (Phi) is 6.96. The lowest BCUT2D eigenvalue weighted by atomic mass is 9.66. The third kappa shape index (κ3) is 4.04. The van der Waals surface area contributed by atoms with Crippen LogP contribution in [0.15, 0.2) is 132 Å². The van der Waals surface area contributed by atoms with Crippen molar-refractivity contribution in [1.82, 2.24) is 5.32 Å². The highest BCUT2D eigenvalue weighted by atomic mass is 16.2. The first-order valence-corrected chi connectivity index (χ1v) is 15.7. The third-order valence-electron chi connectivity index (χ3n) is 10.2. The molecular weight excluding hydrogens is 598 g/mol. The minimum absolute atomic E-state index is 0.191. The van der Waals surface area contributed by atoms with Crippen molar-refractivity contribution in [1.29, 1.82) is 10.5 Å². The Morgan fingerprint density at radius 2 is 0.792 bits per heavy atom. The van der Waals surface area contributed by atoms with Crippen molar-refractivity contribution in [2.75, 3.05) is 0 Å². The second-order valence-electron chi connectivity index (χ2n) is 13.0. The topological polar surface area (TPSA) is 128 Å². The molecule has 0 fully saturated rings. The van der Waals surface area contributed by atoms with E-state index < -0.39 is 16.2 Å². The Labute approximate surface area is 277 Å². The van der Waals surface area contributed by atoms with E-state index in [4.69, 9.17) is 0 Å². The highest BCUT2D eigenvalue weighted by molar-refractivity contribution is 6.34. The zero-order chi connectivity index (χ0) is 33.8. The molecule has 48 heavy (non-hydrogen) atoms. The normalized spacial score (nSPS) is 18.6. The van der Waals surface area contributed by atoms with Gasteiger partial charge in [0.1, 0.15) is 10.8 Å². The highest BCUT2D eigenvalue weighted by Crippen LogP contribution is 2.51. The molecule has 0 amide bonds. The molecule has 1 aliphatic heterocycles. The maximum Gasteiger partial charge on any atom is 0.182 e. The monoisotopic (exact) mass is 627 g/mol. The number of hydrogen-bond donors (Lipinski definition) is 1. The van der Waals surface area contributed by atoms with Gasteiger partial charge in [-0.3, -0.25) is 19.2 Å². The Morgan fingerprint density at radius 3 is 1.08 bits per heavy atom. The molecular formula is C41H29N3O4. The quantitative estimate of drug-likeness (QED) is 0.228. The molecule has 0 saturated carbocycles. The van der Waals surface area contributed by atoms with E-state index in [1.165, 1.54) is 0 Å². The van der Waals surface area contributed by atoms with Crippen LogP contribution in [0.1, 0.15) is 79.2 Å². The van der Waals surface area contributed by atoms with Crippen molar-refractivity contribution in [3.05, 3.63) is 165 Å². The largest absolute Gasteiger partial charge is 0.360 e. The summed E-state index contributed by atoms with van der Waals surface area (Å²) < 4.78 is 0. The zero-order valence-corrected chi connectivity index (χ0v) is 26.3. The molecule has 0 spiro atoms. The molecule has 3 aliphatic rings. The summed E-state index contributed by atoms with van der Waals surface area (Å²) in [5, 5.41) is 24.5. The van der Waals surface area contributed by atoms with Gasteiger partial charge >= 0.3 is 0 Å². The van der Waals surface area contributed by atoms with Crippen LogP contribution in [0.2, 0.25) is 0 Å². The van der Waals surface area contributed by atoms with Crippen LogP contribution in [0.4, 0.5) is 0 Å². The van der Waals surface area contributed by atoms with Crippen molar-refractivity contribution >= 4 is 23.1 Å². The van der Waals surface area contributed by atoms with Crippen LogP contribution in [0.25, 0.3) is 0 Å². The van der Waals surface area contributed by atoms with Crippen LogP contribution in [0.5, 0.6) is 0 Å². The van der Waals surface area contributed by atoms with E-state index in [-0.39, 0.29) is 58.5 Å². The molecule has 2 aliphatic carbocycles. The number of nitriles is 2. The lowest BCUT2D eigenvalue weighted by molar-refractivity contribution is 0.0781. The molecule has 4 aromatic carbocycles. The molecule has 0 unspecified atom stereocenters. The maximum absolute atomic E-state index is 14.4.